The number of hydrogen-bond donors (Lipinski definition) is 1. The molecule has 2 heterocycles. The number of fused-ring (bicyclic) bond motifs is 1. The first kappa shape index (κ1) is 15.7. The van der Waals surface area contributed by atoms with Gasteiger partial charge in [0.2, 0.25) is 0 Å². The van der Waals surface area contributed by atoms with Crippen LogP contribution in [-0.2, 0) is 16.3 Å². The van der Waals surface area contributed by atoms with Crippen molar-refractivity contribution >= 4 is 42.5 Å². The molecule has 0 aliphatic carbocycles. The molecule has 1 saturated heterocycles. The largest absolute Gasteiger partial charge is 0.360 e. The van der Waals surface area contributed by atoms with Crippen molar-refractivity contribution < 1.29 is 13.2 Å². The van der Waals surface area contributed by atoms with Gasteiger partial charge in [-0.05, 0) is 49.8 Å². The van der Waals surface area contributed by atoms with Crippen LogP contribution in [0, 0.1) is 5.92 Å². The van der Waals surface area contributed by atoms with Gasteiger partial charge in [0.15, 0.2) is 5.78 Å². The summed E-state index contributed by atoms with van der Waals surface area (Å²) in [7, 11) is -2.82. The first-order valence-electron chi connectivity index (χ1n) is 7.36. The van der Waals surface area contributed by atoms with E-state index in [1.165, 1.54) is 0 Å². The highest BCUT2D eigenvalue weighted by atomic mass is 79.9. The van der Waals surface area contributed by atoms with E-state index in [0.29, 0.717) is 23.0 Å². The maximum absolute atomic E-state index is 11.8. The first-order chi connectivity index (χ1) is 10.4. The van der Waals surface area contributed by atoms with Gasteiger partial charge >= 0.3 is 0 Å². The van der Waals surface area contributed by atoms with E-state index in [4.69, 9.17) is 0 Å². The number of nitrogens with one attached hydrogen (secondary N) is 1. The van der Waals surface area contributed by atoms with Crippen molar-refractivity contribution in [1.29, 1.82) is 0 Å². The van der Waals surface area contributed by atoms with Crippen molar-refractivity contribution in [3.05, 3.63) is 33.9 Å². The number of Topliss-reactive ketones (excluding diaryl/α,β-unsaturated/α-hetero) is 1. The molecule has 1 aromatic heterocycles. The summed E-state index contributed by atoms with van der Waals surface area (Å²) >= 11 is 3.47. The molecule has 0 amide bonds. The van der Waals surface area contributed by atoms with E-state index in [1.54, 1.807) is 6.92 Å². The second-order valence-electron chi connectivity index (χ2n) is 6.05. The molecular formula is C16H18BrNO3S. The number of halogens is 1. The fraction of sp³-hybridized carbons (Fsp3) is 0.438. The number of ketones is 1. The average molecular weight is 384 g/mol. The van der Waals surface area contributed by atoms with Crippen LogP contribution < -0.4 is 0 Å². The number of hydrogen-bond acceptors (Lipinski definition) is 3. The SMILES string of the molecule is CC(=O)c1cc(Br)cc2c(CC3CCS(=O)(=O)CC3)c[nH]c12. The lowest BCUT2D eigenvalue weighted by Crippen LogP contribution is -2.24. The summed E-state index contributed by atoms with van der Waals surface area (Å²) in [6, 6.07) is 3.85. The number of H-pyrrole nitrogens is 1. The van der Waals surface area contributed by atoms with Crippen molar-refractivity contribution in [2.24, 2.45) is 5.92 Å². The zero-order chi connectivity index (χ0) is 15.9. The highest BCUT2D eigenvalue weighted by molar-refractivity contribution is 9.10. The normalized spacial score (nSPS) is 18.6. The van der Waals surface area contributed by atoms with Gasteiger partial charge in [-0.3, -0.25) is 4.79 Å². The second kappa shape index (κ2) is 5.81. The van der Waals surface area contributed by atoms with Crippen molar-refractivity contribution in [3.8, 4) is 0 Å². The summed E-state index contributed by atoms with van der Waals surface area (Å²) in [4.78, 5) is 15.0. The molecule has 0 bridgehead atoms. The van der Waals surface area contributed by atoms with E-state index < -0.39 is 9.84 Å². The van der Waals surface area contributed by atoms with E-state index in [9.17, 15) is 13.2 Å². The molecular weight excluding hydrogens is 366 g/mol. The van der Waals surface area contributed by atoms with Gasteiger partial charge in [0.25, 0.3) is 0 Å². The molecule has 1 aliphatic rings. The minimum Gasteiger partial charge on any atom is -0.360 e. The van der Waals surface area contributed by atoms with Crippen LogP contribution in [0.1, 0.15) is 35.7 Å². The molecule has 0 atom stereocenters. The number of aromatic amines is 1. The second-order valence-corrected chi connectivity index (χ2v) is 9.26. The quantitative estimate of drug-likeness (QED) is 0.824. The fourth-order valence-electron chi connectivity index (χ4n) is 3.15. The molecule has 2 aromatic rings. The number of carbonyl (C=O) groups excluding carboxylic acids is 1. The Bertz CT molecular complexity index is 824. The minimum absolute atomic E-state index is 0.0310. The maximum atomic E-state index is 11.8. The lowest BCUT2D eigenvalue weighted by Gasteiger charge is -2.21. The number of carbonyl (C=O) groups is 1. The lowest BCUT2D eigenvalue weighted by molar-refractivity contribution is 0.101. The predicted molar refractivity (Wildman–Crippen MR) is 91.1 cm³/mol. The Morgan fingerprint density at radius 2 is 2.00 bits per heavy atom. The summed E-state index contributed by atoms with van der Waals surface area (Å²) in [5.74, 6) is 1.01. The van der Waals surface area contributed by atoms with Crippen LogP contribution in [0.15, 0.2) is 22.8 Å². The van der Waals surface area contributed by atoms with Gasteiger partial charge in [0.05, 0.1) is 17.0 Å². The number of aromatic nitrogens is 1. The lowest BCUT2D eigenvalue weighted by atomic mass is 9.93. The molecule has 6 heteroatoms. The number of sulfone groups is 1. The molecule has 1 N–H and O–H groups in total. The smallest absolute Gasteiger partial charge is 0.161 e. The van der Waals surface area contributed by atoms with Gasteiger partial charge in [0, 0.05) is 21.6 Å². The summed E-state index contributed by atoms with van der Waals surface area (Å²) in [6.45, 7) is 1.56. The molecule has 3 rings (SSSR count). The molecule has 0 saturated carbocycles. The van der Waals surface area contributed by atoms with Crippen LogP contribution in [-0.4, -0.2) is 30.7 Å². The maximum Gasteiger partial charge on any atom is 0.161 e. The van der Waals surface area contributed by atoms with Crippen LogP contribution >= 0.6 is 15.9 Å². The molecule has 118 valence electrons. The molecule has 1 fully saturated rings. The van der Waals surface area contributed by atoms with Crippen molar-refractivity contribution in [3.63, 3.8) is 0 Å². The Balaban J connectivity index is 1.91. The Morgan fingerprint density at radius 3 is 2.64 bits per heavy atom. The highest BCUT2D eigenvalue weighted by Crippen LogP contribution is 2.30. The average Bonchev–Trinajstić information content (AvgIpc) is 2.83. The summed E-state index contributed by atoms with van der Waals surface area (Å²) in [5.41, 5.74) is 2.71. The molecule has 0 spiro atoms. The van der Waals surface area contributed by atoms with Crippen LogP contribution in [0.4, 0.5) is 0 Å². The fourth-order valence-corrected chi connectivity index (χ4v) is 5.20. The summed E-state index contributed by atoms with van der Waals surface area (Å²) in [5, 5.41) is 1.05. The van der Waals surface area contributed by atoms with Crippen LogP contribution in [0.25, 0.3) is 10.9 Å². The van der Waals surface area contributed by atoms with Crippen LogP contribution in [0.2, 0.25) is 0 Å². The van der Waals surface area contributed by atoms with Gasteiger partial charge in [-0.15, -0.1) is 0 Å². The van der Waals surface area contributed by atoms with E-state index in [2.05, 4.69) is 20.9 Å². The number of benzene rings is 1. The Labute approximate surface area is 138 Å². The highest BCUT2D eigenvalue weighted by Gasteiger charge is 2.24. The molecule has 0 radical (unpaired) electrons. The van der Waals surface area contributed by atoms with E-state index in [0.717, 1.165) is 40.2 Å². The third-order valence-corrected chi connectivity index (χ3v) is 6.58. The Kier molecular flexibility index (Phi) is 4.16. The van der Waals surface area contributed by atoms with Crippen molar-refractivity contribution in [1.82, 2.24) is 4.98 Å². The standard InChI is InChI=1S/C16H18BrNO3S/c1-10(19)14-7-13(17)8-15-12(9-18-16(14)15)6-11-2-4-22(20,21)5-3-11/h7-9,11,18H,2-6H2,1H3. The molecule has 1 aromatic carbocycles. The van der Waals surface area contributed by atoms with E-state index >= 15 is 0 Å². The molecule has 22 heavy (non-hydrogen) atoms. The van der Waals surface area contributed by atoms with Crippen molar-refractivity contribution in [2.45, 2.75) is 26.2 Å². The van der Waals surface area contributed by atoms with Gasteiger partial charge in [0.1, 0.15) is 9.84 Å². The van der Waals surface area contributed by atoms with Crippen LogP contribution in [0.3, 0.4) is 0 Å². The van der Waals surface area contributed by atoms with Gasteiger partial charge in [-0.25, -0.2) is 8.42 Å². The van der Waals surface area contributed by atoms with E-state index in [1.807, 2.05) is 18.3 Å². The van der Waals surface area contributed by atoms with Crippen LogP contribution in [0.5, 0.6) is 0 Å². The molecule has 1 aliphatic heterocycles. The Hall–Kier alpha value is -1.14. The molecule has 0 unspecified atom stereocenters. The summed E-state index contributed by atoms with van der Waals surface area (Å²) in [6.07, 6.45) is 4.25. The summed E-state index contributed by atoms with van der Waals surface area (Å²) < 4.78 is 23.9. The zero-order valence-corrected chi connectivity index (χ0v) is 14.8. The van der Waals surface area contributed by atoms with Gasteiger partial charge < -0.3 is 4.98 Å². The first-order valence-corrected chi connectivity index (χ1v) is 9.98. The molecule has 4 nitrogen and oxygen atoms in total. The minimum atomic E-state index is -2.82. The van der Waals surface area contributed by atoms with E-state index in [-0.39, 0.29) is 5.78 Å². The Morgan fingerprint density at radius 1 is 1.32 bits per heavy atom. The third-order valence-electron chi connectivity index (χ3n) is 4.40. The zero-order valence-electron chi connectivity index (χ0n) is 12.4. The monoisotopic (exact) mass is 383 g/mol. The predicted octanol–water partition coefficient (Wildman–Crippen LogP) is 3.50. The number of rotatable bonds is 3. The van der Waals surface area contributed by atoms with Crippen molar-refractivity contribution in [2.75, 3.05) is 11.5 Å². The van der Waals surface area contributed by atoms with Gasteiger partial charge in [-0.2, -0.15) is 0 Å². The van der Waals surface area contributed by atoms with Gasteiger partial charge in [-0.1, -0.05) is 15.9 Å². The topological polar surface area (TPSA) is 67.0 Å². The third kappa shape index (κ3) is 3.13.